The molecule has 1 unspecified atom stereocenters. The van der Waals surface area contributed by atoms with Crippen LogP contribution in [0.4, 0.5) is 10.5 Å². The van der Waals surface area contributed by atoms with E-state index in [1.807, 2.05) is 50.2 Å². The van der Waals surface area contributed by atoms with E-state index in [1.54, 1.807) is 12.1 Å². The second kappa shape index (κ2) is 8.93. The smallest absolute Gasteiger partial charge is 0.319 e. The molecule has 0 spiro atoms. The van der Waals surface area contributed by atoms with Crippen LogP contribution in [0.5, 0.6) is 11.5 Å². The molecule has 1 atom stereocenters. The lowest BCUT2D eigenvalue weighted by molar-refractivity contribution is 0.237. The minimum atomic E-state index is -0.275. The average molecular weight is 328 g/mol. The molecule has 5 nitrogen and oxygen atoms in total. The van der Waals surface area contributed by atoms with Crippen molar-refractivity contribution >= 4 is 11.7 Å². The van der Waals surface area contributed by atoms with Gasteiger partial charge >= 0.3 is 6.03 Å². The predicted molar refractivity (Wildman–Crippen MR) is 95.6 cm³/mol. The van der Waals surface area contributed by atoms with Gasteiger partial charge in [0.15, 0.2) is 0 Å². The zero-order valence-electron chi connectivity index (χ0n) is 14.1. The SMILES string of the molecule is CCC(CCO)NC(=O)Nc1ccc(Oc2cccc(C)c2)cc1. The van der Waals surface area contributed by atoms with E-state index in [0.29, 0.717) is 17.9 Å². The van der Waals surface area contributed by atoms with E-state index >= 15 is 0 Å². The summed E-state index contributed by atoms with van der Waals surface area (Å²) in [6.45, 7) is 4.04. The third-order valence-corrected chi connectivity index (χ3v) is 3.64. The molecule has 128 valence electrons. The summed E-state index contributed by atoms with van der Waals surface area (Å²) in [6.07, 6.45) is 1.32. The fourth-order valence-corrected chi connectivity index (χ4v) is 2.31. The highest BCUT2D eigenvalue weighted by Gasteiger charge is 2.09. The number of carbonyl (C=O) groups is 1. The van der Waals surface area contributed by atoms with Crippen molar-refractivity contribution in [2.45, 2.75) is 32.7 Å². The third kappa shape index (κ3) is 5.59. The van der Waals surface area contributed by atoms with Crippen LogP contribution in [0.15, 0.2) is 48.5 Å². The van der Waals surface area contributed by atoms with Crippen LogP contribution >= 0.6 is 0 Å². The van der Waals surface area contributed by atoms with Crippen LogP contribution in [-0.4, -0.2) is 23.8 Å². The van der Waals surface area contributed by atoms with Gasteiger partial charge in [0.1, 0.15) is 11.5 Å². The topological polar surface area (TPSA) is 70.6 Å². The van der Waals surface area contributed by atoms with Crippen LogP contribution in [0.25, 0.3) is 0 Å². The maximum absolute atomic E-state index is 11.9. The van der Waals surface area contributed by atoms with E-state index in [0.717, 1.165) is 17.7 Å². The molecule has 3 N–H and O–H groups in total. The lowest BCUT2D eigenvalue weighted by Crippen LogP contribution is -2.38. The Labute approximate surface area is 142 Å². The summed E-state index contributed by atoms with van der Waals surface area (Å²) < 4.78 is 5.78. The van der Waals surface area contributed by atoms with Crippen LogP contribution in [0, 0.1) is 6.92 Å². The van der Waals surface area contributed by atoms with Crippen molar-refractivity contribution in [3.8, 4) is 11.5 Å². The Morgan fingerprint density at radius 1 is 1.17 bits per heavy atom. The van der Waals surface area contributed by atoms with Crippen LogP contribution in [0.2, 0.25) is 0 Å². The van der Waals surface area contributed by atoms with Gasteiger partial charge in [-0.25, -0.2) is 4.79 Å². The van der Waals surface area contributed by atoms with E-state index in [-0.39, 0.29) is 18.7 Å². The molecule has 0 fully saturated rings. The molecule has 24 heavy (non-hydrogen) atoms. The molecular weight excluding hydrogens is 304 g/mol. The number of aliphatic hydroxyl groups is 1. The second-order valence-corrected chi connectivity index (χ2v) is 5.66. The van der Waals surface area contributed by atoms with E-state index in [9.17, 15) is 4.79 Å². The fourth-order valence-electron chi connectivity index (χ4n) is 2.31. The molecule has 2 amide bonds. The van der Waals surface area contributed by atoms with Crippen LogP contribution < -0.4 is 15.4 Å². The summed E-state index contributed by atoms with van der Waals surface area (Å²) in [4.78, 5) is 11.9. The lowest BCUT2D eigenvalue weighted by Gasteiger charge is -2.16. The average Bonchev–Trinajstić information content (AvgIpc) is 2.56. The summed E-state index contributed by atoms with van der Waals surface area (Å²) in [5.41, 5.74) is 1.82. The molecular formula is C19H24N2O3. The minimum Gasteiger partial charge on any atom is -0.457 e. The van der Waals surface area contributed by atoms with Gasteiger partial charge in [-0.15, -0.1) is 0 Å². The Kier molecular flexibility index (Phi) is 6.63. The first-order valence-electron chi connectivity index (χ1n) is 8.13. The van der Waals surface area contributed by atoms with Gasteiger partial charge in [-0.3, -0.25) is 0 Å². The highest BCUT2D eigenvalue weighted by atomic mass is 16.5. The number of nitrogens with one attached hydrogen (secondary N) is 2. The molecule has 0 aromatic heterocycles. The summed E-state index contributed by atoms with van der Waals surface area (Å²) in [7, 11) is 0. The highest BCUT2D eigenvalue weighted by molar-refractivity contribution is 5.89. The van der Waals surface area contributed by atoms with E-state index in [2.05, 4.69) is 10.6 Å². The van der Waals surface area contributed by atoms with Crippen LogP contribution in [0.3, 0.4) is 0 Å². The quantitative estimate of drug-likeness (QED) is 0.717. The van der Waals surface area contributed by atoms with Gasteiger partial charge in [0.2, 0.25) is 0 Å². The monoisotopic (exact) mass is 328 g/mol. The second-order valence-electron chi connectivity index (χ2n) is 5.66. The first-order valence-corrected chi connectivity index (χ1v) is 8.13. The molecule has 2 aromatic rings. The molecule has 0 bridgehead atoms. The summed E-state index contributed by atoms with van der Waals surface area (Å²) in [5.74, 6) is 1.49. The minimum absolute atomic E-state index is 0.0288. The van der Waals surface area contributed by atoms with Crippen molar-refractivity contribution < 1.29 is 14.6 Å². The van der Waals surface area contributed by atoms with Crippen molar-refractivity contribution in [1.82, 2.24) is 5.32 Å². The Morgan fingerprint density at radius 3 is 2.54 bits per heavy atom. The normalized spacial score (nSPS) is 11.6. The number of hydrogen-bond donors (Lipinski definition) is 3. The fraction of sp³-hybridized carbons (Fsp3) is 0.316. The number of ether oxygens (including phenoxy) is 1. The molecule has 0 aliphatic heterocycles. The molecule has 0 saturated carbocycles. The Hall–Kier alpha value is -2.53. The molecule has 0 aliphatic carbocycles. The Morgan fingerprint density at radius 2 is 1.92 bits per heavy atom. The standard InChI is InChI=1S/C19H24N2O3/c1-3-15(11-12-22)20-19(23)21-16-7-9-17(10-8-16)24-18-6-4-5-14(2)13-18/h4-10,13,15,22H,3,11-12H2,1-2H3,(H2,20,21,23). The first-order chi connectivity index (χ1) is 11.6. The van der Waals surface area contributed by atoms with E-state index < -0.39 is 0 Å². The zero-order chi connectivity index (χ0) is 17.4. The van der Waals surface area contributed by atoms with Gasteiger partial charge in [-0.2, -0.15) is 0 Å². The number of aliphatic hydroxyl groups excluding tert-OH is 1. The van der Waals surface area contributed by atoms with Crippen molar-refractivity contribution in [2.24, 2.45) is 0 Å². The number of anilines is 1. The molecule has 2 aromatic carbocycles. The summed E-state index contributed by atoms with van der Waals surface area (Å²) in [5, 5.41) is 14.6. The number of carbonyl (C=O) groups excluding carboxylic acids is 1. The molecule has 0 saturated heterocycles. The molecule has 0 radical (unpaired) electrons. The van der Waals surface area contributed by atoms with Crippen LogP contribution in [-0.2, 0) is 0 Å². The maximum Gasteiger partial charge on any atom is 0.319 e. The number of rotatable bonds is 7. The summed E-state index contributed by atoms with van der Waals surface area (Å²) in [6, 6.07) is 14.7. The highest BCUT2D eigenvalue weighted by Crippen LogP contribution is 2.23. The van der Waals surface area contributed by atoms with Crippen molar-refractivity contribution in [3.63, 3.8) is 0 Å². The molecule has 0 aliphatic rings. The predicted octanol–water partition coefficient (Wildman–Crippen LogP) is 4.07. The molecule has 5 heteroatoms. The van der Waals surface area contributed by atoms with Gasteiger partial charge < -0.3 is 20.5 Å². The zero-order valence-corrected chi connectivity index (χ0v) is 14.1. The Balaban J connectivity index is 1.90. The van der Waals surface area contributed by atoms with E-state index in [1.165, 1.54) is 0 Å². The maximum atomic E-state index is 11.9. The Bertz CT molecular complexity index is 656. The van der Waals surface area contributed by atoms with Crippen molar-refractivity contribution in [3.05, 3.63) is 54.1 Å². The largest absolute Gasteiger partial charge is 0.457 e. The number of hydrogen-bond acceptors (Lipinski definition) is 3. The summed E-state index contributed by atoms with van der Waals surface area (Å²) >= 11 is 0. The number of urea groups is 1. The van der Waals surface area contributed by atoms with Gasteiger partial charge in [0.25, 0.3) is 0 Å². The van der Waals surface area contributed by atoms with Crippen LogP contribution in [0.1, 0.15) is 25.3 Å². The van der Waals surface area contributed by atoms with Gasteiger partial charge in [0, 0.05) is 18.3 Å². The number of aryl methyl sites for hydroxylation is 1. The van der Waals surface area contributed by atoms with E-state index in [4.69, 9.17) is 9.84 Å². The van der Waals surface area contributed by atoms with Gasteiger partial charge in [0.05, 0.1) is 0 Å². The number of amides is 2. The van der Waals surface area contributed by atoms with Crippen molar-refractivity contribution in [1.29, 1.82) is 0 Å². The molecule has 2 rings (SSSR count). The van der Waals surface area contributed by atoms with Crippen molar-refractivity contribution in [2.75, 3.05) is 11.9 Å². The first kappa shape index (κ1) is 17.8. The molecule has 0 heterocycles. The lowest BCUT2D eigenvalue weighted by atomic mass is 10.2. The number of benzene rings is 2. The van der Waals surface area contributed by atoms with Gasteiger partial charge in [-0.05, 0) is 61.7 Å². The third-order valence-electron chi connectivity index (χ3n) is 3.64. The van der Waals surface area contributed by atoms with Gasteiger partial charge in [-0.1, -0.05) is 19.1 Å².